The molecule has 5 rings (SSSR count). The summed E-state index contributed by atoms with van der Waals surface area (Å²) in [6.45, 7) is 5.77. The molecule has 2 atom stereocenters. The Morgan fingerprint density at radius 2 is 1.68 bits per heavy atom. The molecule has 10 nitrogen and oxygen atoms in total. The highest BCUT2D eigenvalue weighted by atomic mass is 32.2. The van der Waals surface area contributed by atoms with Gasteiger partial charge in [0.25, 0.3) is 5.91 Å². The van der Waals surface area contributed by atoms with Crippen LogP contribution >= 0.6 is 11.3 Å². The molecule has 0 bridgehead atoms. The molecule has 2 aliphatic heterocycles. The Balaban J connectivity index is 1.47. The van der Waals surface area contributed by atoms with Crippen LogP contribution in [0, 0.1) is 11.8 Å². The molecule has 2 aromatic carbocycles. The van der Waals surface area contributed by atoms with Crippen molar-refractivity contribution in [3.8, 4) is 11.5 Å². The van der Waals surface area contributed by atoms with Crippen LogP contribution in [-0.4, -0.2) is 62.6 Å². The second kappa shape index (κ2) is 10.5. The maximum Gasteiger partial charge on any atom is 0.325 e. The number of ether oxygens (including phenoxy) is 3. The number of benzene rings is 2. The van der Waals surface area contributed by atoms with Crippen molar-refractivity contribution in [1.29, 1.82) is 0 Å². The molecule has 1 aromatic heterocycles. The van der Waals surface area contributed by atoms with Crippen molar-refractivity contribution in [2.45, 2.75) is 31.7 Å². The van der Waals surface area contributed by atoms with E-state index in [1.54, 1.807) is 16.7 Å². The number of piperidine rings is 1. The predicted molar refractivity (Wildman–Crippen MR) is 141 cm³/mol. The predicted octanol–water partition coefficient (Wildman–Crippen LogP) is 3.05. The first-order valence-electron chi connectivity index (χ1n) is 12.3. The Morgan fingerprint density at radius 3 is 2.32 bits per heavy atom. The lowest BCUT2D eigenvalue weighted by Crippen LogP contribution is -2.42. The molecule has 3 aromatic rings. The minimum atomic E-state index is -3.66. The Hall–Kier alpha value is -3.22. The molecule has 1 amide bonds. The number of rotatable bonds is 5. The molecule has 2 aliphatic rings. The van der Waals surface area contributed by atoms with Crippen molar-refractivity contribution in [2.24, 2.45) is 16.8 Å². The molecular formula is C26H29N3O7S2. The van der Waals surface area contributed by atoms with Gasteiger partial charge in [0.1, 0.15) is 19.8 Å². The largest absolute Gasteiger partial charge is 0.486 e. The van der Waals surface area contributed by atoms with Crippen molar-refractivity contribution in [3.05, 3.63) is 46.8 Å². The van der Waals surface area contributed by atoms with E-state index in [0.29, 0.717) is 48.1 Å². The average Bonchev–Trinajstić information content (AvgIpc) is 3.21. The van der Waals surface area contributed by atoms with Crippen LogP contribution in [0.5, 0.6) is 11.5 Å². The fourth-order valence-electron chi connectivity index (χ4n) is 4.91. The maximum atomic E-state index is 13.2. The summed E-state index contributed by atoms with van der Waals surface area (Å²) in [7, 11) is -2.37. The molecular weight excluding hydrogens is 530 g/mol. The lowest BCUT2D eigenvalue weighted by Gasteiger charge is -2.34. The number of nitrogens with zero attached hydrogens (tertiary/aromatic N) is 3. The number of aromatic nitrogens is 1. The van der Waals surface area contributed by atoms with Crippen LogP contribution in [0.2, 0.25) is 0 Å². The van der Waals surface area contributed by atoms with Gasteiger partial charge in [-0.2, -0.15) is 9.30 Å². The summed E-state index contributed by atoms with van der Waals surface area (Å²) >= 11 is 1.23. The Morgan fingerprint density at radius 1 is 1.05 bits per heavy atom. The normalized spacial score (nSPS) is 20.4. The quantitative estimate of drug-likeness (QED) is 0.441. The molecule has 12 heteroatoms. The van der Waals surface area contributed by atoms with Crippen LogP contribution < -0.4 is 14.3 Å². The molecule has 1 fully saturated rings. The van der Waals surface area contributed by atoms with Crippen molar-refractivity contribution in [1.82, 2.24) is 8.87 Å². The van der Waals surface area contributed by atoms with Crippen LogP contribution in [0.15, 0.2) is 46.3 Å². The van der Waals surface area contributed by atoms with Gasteiger partial charge in [0.15, 0.2) is 16.3 Å². The molecule has 0 spiro atoms. The Bertz CT molecular complexity index is 1550. The van der Waals surface area contributed by atoms with Crippen LogP contribution in [0.4, 0.5) is 0 Å². The number of amides is 1. The summed E-state index contributed by atoms with van der Waals surface area (Å²) in [5.74, 6) is 0.653. The van der Waals surface area contributed by atoms with E-state index in [2.05, 4.69) is 18.8 Å². The van der Waals surface area contributed by atoms with Gasteiger partial charge in [0, 0.05) is 30.8 Å². The highest BCUT2D eigenvalue weighted by Crippen LogP contribution is 2.35. The number of methoxy groups -OCH3 is 1. The molecule has 0 saturated carbocycles. The van der Waals surface area contributed by atoms with Gasteiger partial charge >= 0.3 is 5.97 Å². The summed E-state index contributed by atoms with van der Waals surface area (Å²) in [6, 6.07) is 9.38. The van der Waals surface area contributed by atoms with Crippen molar-refractivity contribution < 1.29 is 32.2 Å². The van der Waals surface area contributed by atoms with E-state index >= 15 is 0 Å². The molecule has 0 N–H and O–H groups in total. The summed E-state index contributed by atoms with van der Waals surface area (Å²) in [5.41, 5.74) is 0.889. The first-order chi connectivity index (χ1) is 18.2. The number of carbonyl (C=O) groups is 2. The van der Waals surface area contributed by atoms with Crippen LogP contribution in [0.1, 0.15) is 30.6 Å². The summed E-state index contributed by atoms with van der Waals surface area (Å²) in [4.78, 5) is 30.0. The minimum absolute atomic E-state index is 0.142. The molecule has 3 heterocycles. The Labute approximate surface area is 224 Å². The topological polar surface area (TPSA) is 117 Å². The van der Waals surface area contributed by atoms with Gasteiger partial charge in [-0.15, -0.1) is 0 Å². The van der Waals surface area contributed by atoms with Crippen LogP contribution in [0.3, 0.4) is 0 Å². The zero-order valence-corrected chi connectivity index (χ0v) is 23.0. The van der Waals surface area contributed by atoms with E-state index < -0.39 is 21.9 Å². The Kier molecular flexibility index (Phi) is 7.30. The number of hydrogen-bond donors (Lipinski definition) is 0. The zero-order chi connectivity index (χ0) is 27.0. The van der Waals surface area contributed by atoms with Gasteiger partial charge < -0.3 is 18.8 Å². The van der Waals surface area contributed by atoms with Gasteiger partial charge in [-0.25, -0.2) is 8.42 Å². The molecule has 0 aliphatic carbocycles. The SMILES string of the molecule is COC(=O)Cn1c(=NC(=O)c2ccc(S(=O)(=O)N3CC(C)CC(C)C3)cc2)sc2cc3c(cc21)OCCO3. The molecule has 1 saturated heterocycles. The van der Waals surface area contributed by atoms with Crippen molar-refractivity contribution in [3.63, 3.8) is 0 Å². The number of fused-ring (bicyclic) bond motifs is 2. The van der Waals surface area contributed by atoms with E-state index in [0.717, 1.165) is 11.1 Å². The fourth-order valence-corrected chi connectivity index (χ4v) is 7.63. The van der Waals surface area contributed by atoms with E-state index in [4.69, 9.17) is 14.2 Å². The summed E-state index contributed by atoms with van der Waals surface area (Å²) < 4.78 is 46.4. The van der Waals surface area contributed by atoms with Gasteiger partial charge in [-0.1, -0.05) is 25.2 Å². The number of thiazole rings is 1. The number of esters is 1. The fraction of sp³-hybridized carbons (Fsp3) is 0.423. The van der Waals surface area contributed by atoms with E-state index in [-0.39, 0.29) is 28.8 Å². The number of hydrogen-bond acceptors (Lipinski definition) is 8. The lowest BCUT2D eigenvalue weighted by atomic mass is 9.94. The second-order valence-electron chi connectivity index (χ2n) is 9.72. The maximum absolute atomic E-state index is 13.2. The van der Waals surface area contributed by atoms with Crippen LogP contribution in [0.25, 0.3) is 10.2 Å². The van der Waals surface area contributed by atoms with Gasteiger partial charge in [0.2, 0.25) is 10.0 Å². The van der Waals surface area contributed by atoms with Crippen LogP contribution in [-0.2, 0) is 26.1 Å². The zero-order valence-electron chi connectivity index (χ0n) is 21.4. The van der Waals surface area contributed by atoms with E-state index in [1.165, 1.54) is 47.0 Å². The third kappa shape index (κ3) is 5.20. The number of carbonyl (C=O) groups excluding carboxylic acids is 2. The molecule has 0 radical (unpaired) electrons. The first kappa shape index (κ1) is 26.4. The summed E-state index contributed by atoms with van der Waals surface area (Å²) in [6.07, 6.45) is 0.997. The highest BCUT2D eigenvalue weighted by Gasteiger charge is 2.31. The van der Waals surface area contributed by atoms with Gasteiger partial charge in [-0.3, -0.25) is 9.59 Å². The molecule has 2 unspecified atom stereocenters. The third-order valence-corrected chi connectivity index (χ3v) is 9.52. The highest BCUT2D eigenvalue weighted by molar-refractivity contribution is 7.89. The van der Waals surface area contributed by atoms with Crippen molar-refractivity contribution in [2.75, 3.05) is 33.4 Å². The second-order valence-corrected chi connectivity index (χ2v) is 12.7. The first-order valence-corrected chi connectivity index (χ1v) is 14.6. The monoisotopic (exact) mass is 559 g/mol. The van der Waals surface area contributed by atoms with E-state index in [1.807, 2.05) is 0 Å². The number of sulfonamides is 1. The van der Waals surface area contributed by atoms with Gasteiger partial charge in [-0.05, 0) is 42.5 Å². The standard InChI is InChI=1S/C26H29N3O7S2/c1-16-10-17(2)14-28(13-16)38(32,33)19-6-4-18(5-7-19)25(31)27-26-29(15-24(30)34-3)20-11-21-22(12-23(20)37-26)36-9-8-35-21/h4-7,11-12,16-17H,8-10,13-15H2,1-3H3. The van der Waals surface area contributed by atoms with Crippen molar-refractivity contribution >= 4 is 43.5 Å². The smallest absolute Gasteiger partial charge is 0.325 e. The lowest BCUT2D eigenvalue weighted by molar-refractivity contribution is -0.141. The third-order valence-electron chi connectivity index (χ3n) is 6.63. The molecule has 202 valence electrons. The minimum Gasteiger partial charge on any atom is -0.486 e. The van der Waals surface area contributed by atoms with Gasteiger partial charge in [0.05, 0.1) is 22.2 Å². The van der Waals surface area contributed by atoms with E-state index in [9.17, 15) is 18.0 Å². The molecule has 38 heavy (non-hydrogen) atoms. The average molecular weight is 560 g/mol. The summed E-state index contributed by atoms with van der Waals surface area (Å²) in [5, 5.41) is 0.